The summed E-state index contributed by atoms with van der Waals surface area (Å²) in [5.41, 5.74) is 1.60. The van der Waals surface area contributed by atoms with Crippen LogP contribution in [-0.4, -0.2) is 61.7 Å². The van der Waals surface area contributed by atoms with Gasteiger partial charge in [0, 0.05) is 56.3 Å². The zero-order chi connectivity index (χ0) is 22.9. The van der Waals surface area contributed by atoms with Gasteiger partial charge in [-0.1, -0.05) is 30.3 Å². The standard InChI is InChI=1S/C23H25N7O2S/c1-15(2)21-26-20(27-32-21)17-6-7-18(24-14-17)28-10-12-29(13-11-28)22(31)19-16(3)25-23(33-19)30-8-4-5-9-30/h4-9,14-15H,10-13H2,1-3H3. The lowest BCUT2D eigenvalue weighted by Gasteiger charge is -2.35. The number of carbonyl (C=O) groups excluding carboxylic acids is 1. The zero-order valence-electron chi connectivity index (χ0n) is 18.8. The molecular formula is C23H25N7O2S. The van der Waals surface area contributed by atoms with Crippen molar-refractivity contribution in [3.8, 4) is 16.5 Å². The first-order valence-electron chi connectivity index (χ1n) is 10.9. The molecule has 1 aliphatic heterocycles. The number of hydrogen-bond donors (Lipinski definition) is 0. The molecule has 0 N–H and O–H groups in total. The minimum atomic E-state index is 0.0458. The molecule has 170 valence electrons. The van der Waals surface area contributed by atoms with Crippen LogP contribution < -0.4 is 4.90 Å². The van der Waals surface area contributed by atoms with Gasteiger partial charge in [0.05, 0.1) is 5.69 Å². The van der Waals surface area contributed by atoms with E-state index in [1.165, 1.54) is 11.3 Å². The van der Waals surface area contributed by atoms with Crippen molar-refractivity contribution < 1.29 is 9.32 Å². The molecule has 0 unspecified atom stereocenters. The van der Waals surface area contributed by atoms with Gasteiger partial charge < -0.3 is 18.9 Å². The van der Waals surface area contributed by atoms with Crippen LogP contribution in [0.1, 0.15) is 41.0 Å². The Kier molecular flexibility index (Phi) is 5.67. The molecule has 0 atom stereocenters. The lowest BCUT2D eigenvalue weighted by molar-refractivity contribution is 0.0750. The molecule has 0 aromatic carbocycles. The Morgan fingerprint density at radius 3 is 2.48 bits per heavy atom. The van der Waals surface area contributed by atoms with Gasteiger partial charge in [-0.25, -0.2) is 9.97 Å². The maximum absolute atomic E-state index is 13.1. The van der Waals surface area contributed by atoms with Crippen molar-refractivity contribution >= 4 is 23.1 Å². The third-order valence-electron chi connectivity index (χ3n) is 5.64. The average Bonchev–Trinajstić information content (AvgIpc) is 3.59. The molecule has 5 heterocycles. The number of piperazine rings is 1. The fourth-order valence-corrected chi connectivity index (χ4v) is 4.73. The summed E-state index contributed by atoms with van der Waals surface area (Å²) in [5, 5.41) is 4.85. The summed E-state index contributed by atoms with van der Waals surface area (Å²) in [6.07, 6.45) is 5.64. The highest BCUT2D eigenvalue weighted by Crippen LogP contribution is 2.25. The van der Waals surface area contributed by atoms with Crippen molar-refractivity contribution in [3.63, 3.8) is 0 Å². The lowest BCUT2D eigenvalue weighted by atomic mass is 10.2. The summed E-state index contributed by atoms with van der Waals surface area (Å²) in [5.74, 6) is 2.28. The van der Waals surface area contributed by atoms with Crippen molar-refractivity contribution in [2.24, 2.45) is 0 Å². The number of amides is 1. The number of pyridine rings is 1. The summed E-state index contributed by atoms with van der Waals surface area (Å²) in [6.45, 7) is 8.65. The maximum Gasteiger partial charge on any atom is 0.266 e. The Hall–Kier alpha value is -3.53. The third-order valence-corrected chi connectivity index (χ3v) is 6.80. The normalized spacial score (nSPS) is 14.3. The molecule has 0 saturated carbocycles. The van der Waals surface area contributed by atoms with Crippen LogP contribution in [-0.2, 0) is 0 Å². The van der Waals surface area contributed by atoms with Crippen LogP contribution in [0, 0.1) is 6.92 Å². The van der Waals surface area contributed by atoms with Crippen LogP contribution in [0.2, 0.25) is 0 Å². The van der Waals surface area contributed by atoms with E-state index >= 15 is 0 Å². The van der Waals surface area contributed by atoms with E-state index in [1.54, 1.807) is 6.20 Å². The number of aromatic nitrogens is 5. The average molecular weight is 464 g/mol. The van der Waals surface area contributed by atoms with Gasteiger partial charge in [-0.3, -0.25) is 4.79 Å². The molecular weight excluding hydrogens is 438 g/mol. The van der Waals surface area contributed by atoms with Crippen LogP contribution >= 0.6 is 11.3 Å². The minimum Gasteiger partial charge on any atom is -0.353 e. The Labute approximate surface area is 195 Å². The largest absolute Gasteiger partial charge is 0.353 e. The van der Waals surface area contributed by atoms with Crippen molar-refractivity contribution in [3.05, 3.63) is 59.3 Å². The van der Waals surface area contributed by atoms with E-state index < -0.39 is 0 Å². The topological polar surface area (TPSA) is 93.2 Å². The van der Waals surface area contributed by atoms with Gasteiger partial charge in [0.15, 0.2) is 5.13 Å². The predicted molar refractivity (Wildman–Crippen MR) is 126 cm³/mol. The highest BCUT2D eigenvalue weighted by Gasteiger charge is 2.26. The molecule has 4 aromatic rings. The van der Waals surface area contributed by atoms with Crippen LogP contribution in [0.3, 0.4) is 0 Å². The van der Waals surface area contributed by atoms with Crippen molar-refractivity contribution in [1.82, 2.24) is 29.6 Å². The third kappa shape index (κ3) is 4.25. The summed E-state index contributed by atoms with van der Waals surface area (Å²) >= 11 is 1.43. The second-order valence-electron chi connectivity index (χ2n) is 8.30. The Bertz CT molecular complexity index is 1240. The van der Waals surface area contributed by atoms with Crippen molar-refractivity contribution in [2.75, 3.05) is 31.1 Å². The minimum absolute atomic E-state index is 0.0458. The number of anilines is 1. The Morgan fingerprint density at radius 2 is 1.85 bits per heavy atom. The molecule has 5 rings (SSSR count). The summed E-state index contributed by atoms with van der Waals surface area (Å²) in [6, 6.07) is 7.82. The number of rotatable bonds is 5. The summed E-state index contributed by atoms with van der Waals surface area (Å²) in [7, 11) is 0. The van der Waals surface area contributed by atoms with Crippen molar-refractivity contribution in [1.29, 1.82) is 0 Å². The van der Waals surface area contributed by atoms with Crippen molar-refractivity contribution in [2.45, 2.75) is 26.7 Å². The Morgan fingerprint density at radius 1 is 1.09 bits per heavy atom. The van der Waals surface area contributed by atoms with E-state index in [4.69, 9.17) is 4.52 Å². The highest BCUT2D eigenvalue weighted by atomic mass is 32.1. The maximum atomic E-state index is 13.1. The summed E-state index contributed by atoms with van der Waals surface area (Å²) in [4.78, 5) is 31.5. The molecule has 0 bridgehead atoms. The van der Waals surface area contributed by atoms with Gasteiger partial charge in [0.25, 0.3) is 5.91 Å². The number of carbonyl (C=O) groups is 1. The van der Waals surface area contributed by atoms with Gasteiger partial charge in [-0.05, 0) is 31.2 Å². The van der Waals surface area contributed by atoms with Gasteiger partial charge in [0.1, 0.15) is 10.7 Å². The van der Waals surface area contributed by atoms with Gasteiger partial charge in [-0.15, -0.1) is 0 Å². The molecule has 0 spiro atoms. The molecule has 0 radical (unpaired) electrons. The molecule has 1 aliphatic rings. The second kappa shape index (κ2) is 8.78. The SMILES string of the molecule is Cc1nc(-n2cccc2)sc1C(=O)N1CCN(c2ccc(-c3noc(C(C)C)n3)cn2)CC1. The summed E-state index contributed by atoms with van der Waals surface area (Å²) < 4.78 is 7.22. The van der Waals surface area contributed by atoms with Crippen LogP contribution in [0.15, 0.2) is 47.4 Å². The predicted octanol–water partition coefficient (Wildman–Crippen LogP) is 3.77. The fraction of sp³-hybridized carbons (Fsp3) is 0.348. The molecule has 1 amide bonds. The van der Waals surface area contributed by atoms with Gasteiger partial charge >= 0.3 is 0 Å². The van der Waals surface area contributed by atoms with E-state index in [9.17, 15) is 4.79 Å². The molecule has 10 heteroatoms. The smallest absolute Gasteiger partial charge is 0.266 e. The van der Waals surface area contributed by atoms with E-state index in [2.05, 4.69) is 25.0 Å². The molecule has 1 fully saturated rings. The number of aryl methyl sites for hydroxylation is 1. The van der Waals surface area contributed by atoms with Gasteiger partial charge in [0.2, 0.25) is 11.7 Å². The first-order valence-corrected chi connectivity index (χ1v) is 11.8. The number of nitrogens with zero attached hydrogens (tertiary/aromatic N) is 7. The monoisotopic (exact) mass is 463 g/mol. The quantitative estimate of drug-likeness (QED) is 0.445. The first kappa shape index (κ1) is 21.3. The molecule has 4 aromatic heterocycles. The van der Waals surface area contributed by atoms with E-state index in [0.717, 1.165) is 35.3 Å². The molecule has 9 nitrogen and oxygen atoms in total. The number of thiazole rings is 1. The van der Waals surface area contributed by atoms with E-state index in [-0.39, 0.29) is 11.8 Å². The first-order chi connectivity index (χ1) is 16.0. The second-order valence-corrected chi connectivity index (χ2v) is 9.27. The molecule has 1 saturated heterocycles. The van der Waals surface area contributed by atoms with E-state index in [1.807, 2.05) is 66.9 Å². The van der Waals surface area contributed by atoms with E-state index in [0.29, 0.717) is 29.7 Å². The van der Waals surface area contributed by atoms with Crippen LogP contribution in [0.5, 0.6) is 0 Å². The molecule has 33 heavy (non-hydrogen) atoms. The van der Waals surface area contributed by atoms with Crippen LogP contribution in [0.4, 0.5) is 5.82 Å². The number of hydrogen-bond acceptors (Lipinski definition) is 8. The fourth-order valence-electron chi connectivity index (χ4n) is 3.73. The lowest BCUT2D eigenvalue weighted by Crippen LogP contribution is -2.49. The van der Waals surface area contributed by atoms with Crippen LogP contribution in [0.25, 0.3) is 16.5 Å². The molecule has 0 aliphatic carbocycles. The highest BCUT2D eigenvalue weighted by molar-refractivity contribution is 7.16. The zero-order valence-corrected chi connectivity index (χ0v) is 19.6. The Balaban J connectivity index is 1.22. The van der Waals surface area contributed by atoms with Gasteiger partial charge in [-0.2, -0.15) is 4.98 Å².